The van der Waals surface area contributed by atoms with Gasteiger partial charge in [0.15, 0.2) is 0 Å². The molecule has 2 rings (SSSR count). The fourth-order valence-electron chi connectivity index (χ4n) is 3.26. The van der Waals surface area contributed by atoms with Gasteiger partial charge in [-0.05, 0) is 38.1 Å². The fraction of sp³-hybridized carbons (Fsp3) is 1.00. The van der Waals surface area contributed by atoms with Gasteiger partial charge >= 0.3 is 6.18 Å². The molecule has 0 radical (unpaired) electrons. The maximum Gasteiger partial charge on any atom is 0.402 e. The van der Waals surface area contributed by atoms with E-state index < -0.39 is 11.0 Å². The van der Waals surface area contributed by atoms with Crippen molar-refractivity contribution in [3.63, 3.8) is 0 Å². The van der Waals surface area contributed by atoms with E-state index in [-0.39, 0.29) is 6.54 Å². The summed E-state index contributed by atoms with van der Waals surface area (Å²) in [6, 6.07) is 0.403. The zero-order valence-corrected chi connectivity index (χ0v) is 11.4. The van der Waals surface area contributed by atoms with Crippen LogP contribution in [0.25, 0.3) is 0 Å². The van der Waals surface area contributed by atoms with Gasteiger partial charge in [-0.1, -0.05) is 28.8 Å². The van der Waals surface area contributed by atoms with Crippen LogP contribution in [0, 0.1) is 5.92 Å². The molecule has 0 bridgehead atoms. The quantitative estimate of drug-likeness (QED) is 0.713. The van der Waals surface area contributed by atoms with E-state index in [0.29, 0.717) is 12.0 Å². The normalized spacial score (nSPS) is 30.0. The van der Waals surface area contributed by atoms with Gasteiger partial charge in [-0.15, -0.1) is 0 Å². The highest BCUT2D eigenvalue weighted by Gasteiger charge is 2.41. The first kappa shape index (κ1) is 13.7. The molecule has 100 valence electrons. The SMILES string of the molecule is FC(F)(F)C(Br)CN1CCCC1C1CCCC1. The predicted molar refractivity (Wildman–Crippen MR) is 65.3 cm³/mol. The summed E-state index contributed by atoms with van der Waals surface area (Å²) in [5.74, 6) is 0.644. The van der Waals surface area contributed by atoms with Crippen LogP contribution in [0.3, 0.4) is 0 Å². The molecule has 2 atom stereocenters. The Balaban J connectivity index is 1.90. The number of hydrogen-bond donors (Lipinski definition) is 0. The van der Waals surface area contributed by atoms with E-state index in [9.17, 15) is 13.2 Å². The van der Waals surface area contributed by atoms with E-state index in [1.54, 1.807) is 0 Å². The number of alkyl halides is 4. The molecule has 17 heavy (non-hydrogen) atoms. The van der Waals surface area contributed by atoms with Gasteiger partial charge in [0, 0.05) is 12.6 Å². The zero-order valence-electron chi connectivity index (χ0n) is 9.85. The Labute approximate surface area is 109 Å². The lowest BCUT2D eigenvalue weighted by Crippen LogP contribution is -2.42. The molecule has 0 amide bonds. The average Bonchev–Trinajstić information content (AvgIpc) is 2.83. The molecule has 0 N–H and O–H groups in total. The maximum atomic E-state index is 12.5. The largest absolute Gasteiger partial charge is 0.402 e. The molecule has 0 spiro atoms. The molecule has 0 aromatic heterocycles. The summed E-state index contributed by atoms with van der Waals surface area (Å²) in [7, 11) is 0. The van der Waals surface area contributed by atoms with Gasteiger partial charge in [0.2, 0.25) is 0 Å². The summed E-state index contributed by atoms with van der Waals surface area (Å²) in [4.78, 5) is 0.681. The van der Waals surface area contributed by atoms with E-state index in [4.69, 9.17) is 0 Å². The summed E-state index contributed by atoms with van der Waals surface area (Å²) in [5, 5.41) is 0. The summed E-state index contributed by atoms with van der Waals surface area (Å²) in [6.45, 7) is 0.948. The Morgan fingerprint density at radius 1 is 1.12 bits per heavy atom. The lowest BCUT2D eigenvalue weighted by Gasteiger charge is -2.31. The van der Waals surface area contributed by atoms with Crippen LogP contribution >= 0.6 is 15.9 Å². The van der Waals surface area contributed by atoms with Crippen molar-refractivity contribution in [3.05, 3.63) is 0 Å². The molecule has 1 nitrogen and oxygen atoms in total. The molecular weight excluding hydrogens is 295 g/mol. The standard InChI is InChI=1S/C12H19BrF3N/c13-11(12(14,15)16)8-17-7-3-6-10(17)9-4-1-2-5-9/h9-11H,1-8H2. The van der Waals surface area contributed by atoms with Crippen LogP contribution in [0.2, 0.25) is 0 Å². The fourth-order valence-corrected chi connectivity index (χ4v) is 3.64. The summed E-state index contributed by atoms with van der Waals surface area (Å²) in [5.41, 5.74) is 0. The van der Waals surface area contributed by atoms with E-state index in [2.05, 4.69) is 20.8 Å². The Hall–Kier alpha value is 0.230. The van der Waals surface area contributed by atoms with Crippen molar-refractivity contribution >= 4 is 15.9 Å². The minimum Gasteiger partial charge on any atom is -0.299 e. The van der Waals surface area contributed by atoms with Gasteiger partial charge in [0.1, 0.15) is 4.83 Å². The third kappa shape index (κ3) is 3.37. The Bertz CT molecular complexity index is 251. The van der Waals surface area contributed by atoms with Crippen molar-refractivity contribution in [3.8, 4) is 0 Å². The second kappa shape index (κ2) is 5.47. The summed E-state index contributed by atoms with van der Waals surface area (Å²) < 4.78 is 37.6. The Morgan fingerprint density at radius 2 is 1.76 bits per heavy atom. The van der Waals surface area contributed by atoms with Gasteiger partial charge < -0.3 is 0 Å². The van der Waals surface area contributed by atoms with Crippen molar-refractivity contribution in [1.82, 2.24) is 4.90 Å². The van der Waals surface area contributed by atoms with Gasteiger partial charge in [-0.3, -0.25) is 4.90 Å². The molecule has 0 aromatic rings. The summed E-state index contributed by atoms with van der Waals surface area (Å²) >= 11 is 2.78. The molecule has 1 saturated carbocycles. The number of hydrogen-bond acceptors (Lipinski definition) is 1. The Kier molecular flexibility index (Phi) is 4.40. The molecule has 5 heteroatoms. The third-order valence-corrected chi connectivity index (χ3v) is 4.92. The predicted octanol–water partition coefficient (Wildman–Crippen LogP) is 3.97. The van der Waals surface area contributed by atoms with Crippen molar-refractivity contribution in [2.45, 2.75) is 55.6 Å². The van der Waals surface area contributed by atoms with Gasteiger partial charge in [-0.2, -0.15) is 13.2 Å². The van der Waals surface area contributed by atoms with Gasteiger partial charge in [-0.25, -0.2) is 0 Å². The van der Waals surface area contributed by atoms with Crippen molar-refractivity contribution in [2.75, 3.05) is 13.1 Å². The summed E-state index contributed by atoms with van der Waals surface area (Å²) in [6.07, 6.45) is 2.95. The first-order valence-corrected chi connectivity index (χ1v) is 7.35. The minimum atomic E-state index is -4.12. The Morgan fingerprint density at radius 3 is 2.35 bits per heavy atom. The molecule has 2 unspecified atom stereocenters. The first-order chi connectivity index (χ1) is 7.98. The molecule has 2 fully saturated rings. The van der Waals surface area contributed by atoms with E-state index in [1.807, 2.05) is 0 Å². The molecule has 2 aliphatic rings. The molecule has 1 aliphatic carbocycles. The lowest BCUT2D eigenvalue weighted by atomic mass is 9.96. The second-order valence-electron chi connectivity index (χ2n) is 5.26. The highest BCUT2D eigenvalue weighted by atomic mass is 79.9. The van der Waals surface area contributed by atoms with Gasteiger partial charge in [0.05, 0.1) is 0 Å². The van der Waals surface area contributed by atoms with Crippen LogP contribution < -0.4 is 0 Å². The average molecular weight is 314 g/mol. The van der Waals surface area contributed by atoms with E-state index >= 15 is 0 Å². The topological polar surface area (TPSA) is 3.24 Å². The highest BCUT2D eigenvalue weighted by molar-refractivity contribution is 9.09. The number of nitrogens with zero attached hydrogens (tertiary/aromatic N) is 1. The molecule has 1 heterocycles. The molecule has 0 aromatic carbocycles. The van der Waals surface area contributed by atoms with Crippen LogP contribution in [0.4, 0.5) is 13.2 Å². The van der Waals surface area contributed by atoms with E-state index in [1.165, 1.54) is 25.7 Å². The zero-order chi connectivity index (χ0) is 12.5. The smallest absolute Gasteiger partial charge is 0.299 e. The lowest BCUT2D eigenvalue weighted by molar-refractivity contribution is -0.131. The second-order valence-corrected chi connectivity index (χ2v) is 6.36. The van der Waals surface area contributed by atoms with Crippen molar-refractivity contribution < 1.29 is 13.2 Å². The highest BCUT2D eigenvalue weighted by Crippen LogP contribution is 2.37. The van der Waals surface area contributed by atoms with Crippen molar-refractivity contribution in [1.29, 1.82) is 0 Å². The number of rotatable bonds is 3. The van der Waals surface area contributed by atoms with Gasteiger partial charge in [0.25, 0.3) is 0 Å². The van der Waals surface area contributed by atoms with Crippen LogP contribution in [0.1, 0.15) is 38.5 Å². The maximum absolute atomic E-state index is 12.5. The number of halogens is 4. The molecule has 1 saturated heterocycles. The van der Waals surface area contributed by atoms with E-state index in [0.717, 1.165) is 19.4 Å². The van der Waals surface area contributed by atoms with Crippen LogP contribution in [0.5, 0.6) is 0 Å². The van der Waals surface area contributed by atoms with Crippen LogP contribution in [0.15, 0.2) is 0 Å². The molecular formula is C12H19BrF3N. The van der Waals surface area contributed by atoms with Crippen LogP contribution in [-0.2, 0) is 0 Å². The first-order valence-electron chi connectivity index (χ1n) is 6.43. The minimum absolute atomic E-state index is 0.116. The molecule has 1 aliphatic heterocycles. The monoisotopic (exact) mass is 313 g/mol. The van der Waals surface area contributed by atoms with Crippen molar-refractivity contribution in [2.24, 2.45) is 5.92 Å². The number of likely N-dealkylation sites (tertiary alicyclic amines) is 1. The van der Waals surface area contributed by atoms with Crippen LogP contribution in [-0.4, -0.2) is 35.0 Å². The third-order valence-electron chi connectivity index (χ3n) is 4.11.